The number of benzene rings is 1. The fourth-order valence-corrected chi connectivity index (χ4v) is 2.58. The molecule has 2 N–H and O–H groups in total. The van der Waals surface area contributed by atoms with Crippen LogP contribution in [0.1, 0.15) is 21.7 Å². The molecule has 0 radical (unpaired) electrons. The number of aromatic nitrogens is 1. The van der Waals surface area contributed by atoms with Crippen LogP contribution in [0.3, 0.4) is 0 Å². The molecule has 0 amide bonds. The van der Waals surface area contributed by atoms with Gasteiger partial charge in [-0.1, -0.05) is 24.0 Å². The molecular weight excluding hydrogens is 268 g/mol. The Morgan fingerprint density at radius 1 is 1.40 bits per heavy atom. The van der Waals surface area contributed by atoms with Gasteiger partial charge in [0.1, 0.15) is 0 Å². The number of aryl methyl sites for hydroxylation is 1. The number of nitrogens with zero attached hydrogens (tertiary/aromatic N) is 1. The molecular formula is C16H18N2OS. The van der Waals surface area contributed by atoms with Crippen molar-refractivity contribution >= 4 is 11.3 Å². The standard InChI is InChI=1S/C16H18N2OS/c1-13-16(20-12-18-13)7-9-19-11-15-5-2-4-14(10-15)6-3-8-17/h2,4-5,10,12H,7-9,11,17H2,1H3. The second-order valence-corrected chi connectivity index (χ2v) is 5.31. The molecule has 1 aromatic carbocycles. The van der Waals surface area contributed by atoms with E-state index in [9.17, 15) is 0 Å². The smallest absolute Gasteiger partial charge is 0.0797 e. The number of hydrogen-bond donors (Lipinski definition) is 1. The normalized spacial score (nSPS) is 10.1. The van der Waals surface area contributed by atoms with Crippen LogP contribution >= 0.6 is 11.3 Å². The molecule has 1 heterocycles. The summed E-state index contributed by atoms with van der Waals surface area (Å²) in [6.45, 7) is 3.73. The molecule has 1 aromatic heterocycles. The van der Waals surface area contributed by atoms with Gasteiger partial charge in [-0.3, -0.25) is 0 Å². The van der Waals surface area contributed by atoms with E-state index < -0.39 is 0 Å². The second kappa shape index (κ2) is 7.81. The summed E-state index contributed by atoms with van der Waals surface area (Å²) in [5, 5.41) is 0. The van der Waals surface area contributed by atoms with E-state index in [0.29, 0.717) is 19.8 Å². The fourth-order valence-electron chi connectivity index (χ4n) is 1.81. The molecule has 4 heteroatoms. The predicted molar refractivity (Wildman–Crippen MR) is 82.6 cm³/mol. The van der Waals surface area contributed by atoms with E-state index in [1.165, 1.54) is 4.88 Å². The molecule has 0 saturated heterocycles. The van der Waals surface area contributed by atoms with E-state index in [4.69, 9.17) is 10.5 Å². The number of thiazole rings is 1. The first kappa shape index (κ1) is 14.7. The van der Waals surface area contributed by atoms with Gasteiger partial charge >= 0.3 is 0 Å². The van der Waals surface area contributed by atoms with Crippen LogP contribution in [0.25, 0.3) is 0 Å². The van der Waals surface area contributed by atoms with Crippen molar-refractivity contribution < 1.29 is 4.74 Å². The third kappa shape index (κ3) is 4.46. The van der Waals surface area contributed by atoms with Crippen molar-refractivity contribution in [3.05, 3.63) is 51.5 Å². The minimum Gasteiger partial charge on any atom is -0.376 e. The summed E-state index contributed by atoms with van der Waals surface area (Å²) >= 11 is 1.69. The highest BCUT2D eigenvalue weighted by atomic mass is 32.1. The van der Waals surface area contributed by atoms with Crippen LogP contribution in [0.4, 0.5) is 0 Å². The molecule has 0 unspecified atom stereocenters. The molecule has 0 aliphatic heterocycles. The van der Waals surface area contributed by atoms with Crippen LogP contribution < -0.4 is 5.73 Å². The summed E-state index contributed by atoms with van der Waals surface area (Å²) in [5.74, 6) is 5.88. The van der Waals surface area contributed by atoms with Gasteiger partial charge in [0, 0.05) is 16.9 Å². The lowest BCUT2D eigenvalue weighted by Crippen LogP contribution is -1.99. The highest BCUT2D eigenvalue weighted by Gasteiger charge is 2.01. The summed E-state index contributed by atoms with van der Waals surface area (Å²) in [4.78, 5) is 5.53. The van der Waals surface area contributed by atoms with Crippen molar-refractivity contribution in [2.75, 3.05) is 13.2 Å². The molecule has 20 heavy (non-hydrogen) atoms. The van der Waals surface area contributed by atoms with Crippen LogP contribution in [-0.2, 0) is 17.8 Å². The van der Waals surface area contributed by atoms with E-state index in [0.717, 1.165) is 23.2 Å². The molecule has 2 aromatic rings. The van der Waals surface area contributed by atoms with Gasteiger partial charge in [0.25, 0.3) is 0 Å². The topological polar surface area (TPSA) is 48.1 Å². The van der Waals surface area contributed by atoms with Crippen molar-refractivity contribution in [3.8, 4) is 11.8 Å². The molecule has 0 atom stereocenters. The summed E-state index contributed by atoms with van der Waals surface area (Å²) < 4.78 is 5.71. The highest BCUT2D eigenvalue weighted by Crippen LogP contribution is 2.13. The second-order valence-electron chi connectivity index (χ2n) is 4.37. The van der Waals surface area contributed by atoms with Crippen molar-refractivity contribution in [3.63, 3.8) is 0 Å². The van der Waals surface area contributed by atoms with Crippen molar-refractivity contribution in [2.24, 2.45) is 5.73 Å². The first-order valence-electron chi connectivity index (χ1n) is 6.54. The lowest BCUT2D eigenvalue weighted by atomic mass is 10.1. The molecule has 0 fully saturated rings. The van der Waals surface area contributed by atoms with E-state index in [1.54, 1.807) is 11.3 Å². The zero-order chi connectivity index (χ0) is 14.2. The monoisotopic (exact) mass is 286 g/mol. The largest absolute Gasteiger partial charge is 0.376 e. The molecule has 0 spiro atoms. The summed E-state index contributed by atoms with van der Waals surface area (Å²) in [7, 11) is 0. The molecule has 104 valence electrons. The summed E-state index contributed by atoms with van der Waals surface area (Å²) in [6.07, 6.45) is 0.920. The number of nitrogens with two attached hydrogens (primary N) is 1. The van der Waals surface area contributed by atoms with Gasteiger partial charge in [-0.05, 0) is 24.6 Å². The first-order chi connectivity index (χ1) is 9.79. The van der Waals surface area contributed by atoms with Crippen LogP contribution in [0.2, 0.25) is 0 Å². The average Bonchev–Trinajstić information content (AvgIpc) is 2.87. The molecule has 0 saturated carbocycles. The van der Waals surface area contributed by atoms with Crippen molar-refractivity contribution in [2.45, 2.75) is 20.0 Å². The van der Waals surface area contributed by atoms with Gasteiger partial charge in [-0.25, -0.2) is 4.98 Å². The van der Waals surface area contributed by atoms with E-state index in [1.807, 2.05) is 36.7 Å². The van der Waals surface area contributed by atoms with E-state index in [-0.39, 0.29) is 0 Å². The fraction of sp³-hybridized carbons (Fsp3) is 0.312. The number of rotatable bonds is 5. The molecule has 0 aliphatic rings. The number of ether oxygens (including phenoxy) is 1. The SMILES string of the molecule is Cc1ncsc1CCOCc1cccc(C#CCN)c1. The lowest BCUT2D eigenvalue weighted by Gasteiger charge is -2.04. The maximum atomic E-state index is 5.71. The summed E-state index contributed by atoms with van der Waals surface area (Å²) in [6, 6.07) is 8.06. The zero-order valence-electron chi connectivity index (χ0n) is 11.6. The van der Waals surface area contributed by atoms with Gasteiger partial charge in [-0.2, -0.15) is 0 Å². The van der Waals surface area contributed by atoms with Crippen molar-refractivity contribution in [1.29, 1.82) is 0 Å². The molecule has 0 bridgehead atoms. The Bertz CT molecular complexity index is 610. The summed E-state index contributed by atoms with van der Waals surface area (Å²) in [5.41, 5.74) is 10.5. The third-order valence-corrected chi connectivity index (χ3v) is 3.84. The van der Waals surface area contributed by atoms with Crippen LogP contribution in [0.5, 0.6) is 0 Å². The highest BCUT2D eigenvalue weighted by molar-refractivity contribution is 7.09. The molecule has 2 rings (SSSR count). The third-order valence-electron chi connectivity index (χ3n) is 2.85. The Morgan fingerprint density at radius 2 is 2.30 bits per heavy atom. The Balaban J connectivity index is 1.81. The minimum absolute atomic E-state index is 0.384. The Labute approximate surface area is 123 Å². The minimum atomic E-state index is 0.384. The van der Waals surface area contributed by atoms with Gasteiger partial charge in [0.05, 0.1) is 31.0 Å². The molecule has 0 aliphatic carbocycles. The van der Waals surface area contributed by atoms with Gasteiger partial charge in [0.15, 0.2) is 0 Å². The van der Waals surface area contributed by atoms with Crippen molar-refractivity contribution in [1.82, 2.24) is 4.98 Å². The predicted octanol–water partition coefficient (Wildman–Crippen LogP) is 2.52. The molecule has 3 nitrogen and oxygen atoms in total. The maximum absolute atomic E-state index is 5.71. The van der Waals surface area contributed by atoms with Crippen LogP contribution in [0, 0.1) is 18.8 Å². The zero-order valence-corrected chi connectivity index (χ0v) is 12.4. The quantitative estimate of drug-likeness (QED) is 0.678. The van der Waals surface area contributed by atoms with Crippen LogP contribution in [0.15, 0.2) is 29.8 Å². The van der Waals surface area contributed by atoms with Gasteiger partial charge in [0.2, 0.25) is 0 Å². The van der Waals surface area contributed by atoms with Gasteiger partial charge in [-0.15, -0.1) is 11.3 Å². The number of hydrogen-bond acceptors (Lipinski definition) is 4. The average molecular weight is 286 g/mol. The Morgan fingerprint density at radius 3 is 3.05 bits per heavy atom. The lowest BCUT2D eigenvalue weighted by molar-refractivity contribution is 0.124. The van der Waals surface area contributed by atoms with Crippen LogP contribution in [-0.4, -0.2) is 18.1 Å². The maximum Gasteiger partial charge on any atom is 0.0797 e. The van der Waals surface area contributed by atoms with E-state index in [2.05, 4.69) is 16.8 Å². The first-order valence-corrected chi connectivity index (χ1v) is 7.42. The Hall–Kier alpha value is -1.67. The Kier molecular flexibility index (Phi) is 5.75. The van der Waals surface area contributed by atoms with E-state index >= 15 is 0 Å². The van der Waals surface area contributed by atoms with Gasteiger partial charge < -0.3 is 10.5 Å².